The molecule has 3 rings (SSSR count). The Labute approximate surface area is 148 Å². The first-order chi connectivity index (χ1) is 12.3. The highest BCUT2D eigenvalue weighted by atomic mass is 16.1. The van der Waals surface area contributed by atoms with Gasteiger partial charge < -0.3 is 5.32 Å². The van der Waals surface area contributed by atoms with E-state index in [1.54, 1.807) is 4.80 Å². The van der Waals surface area contributed by atoms with Gasteiger partial charge in [-0.1, -0.05) is 37.3 Å². The van der Waals surface area contributed by atoms with Crippen molar-refractivity contribution in [1.29, 1.82) is 0 Å². The van der Waals surface area contributed by atoms with Crippen LogP contribution in [0.1, 0.15) is 32.6 Å². The first kappa shape index (κ1) is 17.5. The van der Waals surface area contributed by atoms with E-state index < -0.39 is 0 Å². The van der Waals surface area contributed by atoms with Crippen molar-refractivity contribution >= 4 is 5.91 Å². The SMILES string of the molecule is CCN1CCCC1CNC(=O)CCCn1nnc(-c2ccccc2)n1. The molecule has 25 heavy (non-hydrogen) atoms. The maximum absolute atomic E-state index is 12.0. The third kappa shape index (κ3) is 4.85. The molecule has 1 fully saturated rings. The Bertz CT molecular complexity index is 671. The van der Waals surface area contributed by atoms with Gasteiger partial charge in [0.05, 0.1) is 6.54 Å². The molecule has 1 N–H and O–H groups in total. The van der Waals surface area contributed by atoms with Gasteiger partial charge in [-0.15, -0.1) is 10.2 Å². The van der Waals surface area contributed by atoms with Crippen LogP contribution in [0.4, 0.5) is 0 Å². The predicted octanol–water partition coefficient (Wildman–Crippen LogP) is 1.72. The van der Waals surface area contributed by atoms with Crippen molar-refractivity contribution in [2.24, 2.45) is 0 Å². The molecule has 2 heterocycles. The first-order valence-corrected chi connectivity index (χ1v) is 9.10. The molecule has 1 amide bonds. The van der Waals surface area contributed by atoms with Gasteiger partial charge in [0, 0.05) is 24.6 Å². The molecule has 1 saturated heterocycles. The molecule has 1 aromatic heterocycles. The highest BCUT2D eigenvalue weighted by Gasteiger charge is 2.22. The summed E-state index contributed by atoms with van der Waals surface area (Å²) in [7, 11) is 0. The number of nitrogens with one attached hydrogen (secondary N) is 1. The minimum atomic E-state index is 0.103. The highest BCUT2D eigenvalue weighted by molar-refractivity contribution is 5.75. The van der Waals surface area contributed by atoms with Gasteiger partial charge in [-0.2, -0.15) is 4.80 Å². The van der Waals surface area contributed by atoms with E-state index >= 15 is 0 Å². The third-order valence-electron chi connectivity index (χ3n) is 4.69. The molecule has 1 aliphatic rings. The van der Waals surface area contributed by atoms with Crippen molar-refractivity contribution in [3.05, 3.63) is 30.3 Å². The Kier molecular flexibility index (Phi) is 6.11. The number of nitrogens with zero attached hydrogens (tertiary/aromatic N) is 5. The summed E-state index contributed by atoms with van der Waals surface area (Å²) in [5.41, 5.74) is 0.948. The van der Waals surface area contributed by atoms with E-state index in [0.717, 1.165) is 25.2 Å². The summed E-state index contributed by atoms with van der Waals surface area (Å²) in [6.07, 6.45) is 3.61. The number of amides is 1. The van der Waals surface area contributed by atoms with Crippen LogP contribution in [0.25, 0.3) is 11.4 Å². The Hall–Kier alpha value is -2.28. The number of carbonyl (C=O) groups excluding carboxylic acids is 1. The summed E-state index contributed by atoms with van der Waals surface area (Å²) in [6, 6.07) is 10.3. The van der Waals surface area contributed by atoms with E-state index in [9.17, 15) is 4.79 Å². The topological polar surface area (TPSA) is 75.9 Å². The number of carbonyl (C=O) groups is 1. The average Bonchev–Trinajstić information content (AvgIpc) is 3.30. The van der Waals surface area contributed by atoms with Crippen LogP contribution in [0.15, 0.2) is 30.3 Å². The minimum absolute atomic E-state index is 0.103. The zero-order valence-electron chi connectivity index (χ0n) is 14.8. The maximum Gasteiger partial charge on any atom is 0.220 e. The summed E-state index contributed by atoms with van der Waals surface area (Å²) in [5, 5.41) is 15.5. The van der Waals surface area contributed by atoms with Crippen LogP contribution in [0.5, 0.6) is 0 Å². The fraction of sp³-hybridized carbons (Fsp3) is 0.556. The smallest absolute Gasteiger partial charge is 0.220 e. The van der Waals surface area contributed by atoms with Crippen molar-refractivity contribution in [3.8, 4) is 11.4 Å². The van der Waals surface area contributed by atoms with E-state index in [2.05, 4.69) is 32.6 Å². The number of aryl methyl sites for hydroxylation is 1. The van der Waals surface area contributed by atoms with Crippen molar-refractivity contribution in [1.82, 2.24) is 30.4 Å². The number of benzene rings is 1. The molecular formula is C18H26N6O. The quantitative estimate of drug-likeness (QED) is 0.790. The Morgan fingerprint density at radius 3 is 2.96 bits per heavy atom. The minimum Gasteiger partial charge on any atom is -0.355 e. The molecule has 0 radical (unpaired) electrons. The fourth-order valence-electron chi connectivity index (χ4n) is 3.28. The van der Waals surface area contributed by atoms with Crippen LogP contribution >= 0.6 is 0 Å². The monoisotopic (exact) mass is 342 g/mol. The fourth-order valence-corrected chi connectivity index (χ4v) is 3.28. The average molecular weight is 342 g/mol. The van der Waals surface area contributed by atoms with Gasteiger partial charge in [-0.3, -0.25) is 9.69 Å². The second kappa shape index (κ2) is 8.71. The number of rotatable bonds is 8. The van der Waals surface area contributed by atoms with E-state index in [-0.39, 0.29) is 5.91 Å². The number of hydrogen-bond donors (Lipinski definition) is 1. The predicted molar refractivity (Wildman–Crippen MR) is 95.8 cm³/mol. The Balaban J connectivity index is 1.38. The standard InChI is InChI=1S/C18H26N6O/c1-2-23-12-6-10-16(23)14-19-17(25)11-7-13-24-21-18(20-22-24)15-8-4-3-5-9-15/h3-5,8-9,16H,2,6-7,10-14H2,1H3,(H,19,25). The van der Waals surface area contributed by atoms with Gasteiger partial charge >= 0.3 is 0 Å². The third-order valence-corrected chi connectivity index (χ3v) is 4.69. The molecule has 0 aliphatic carbocycles. The molecule has 1 aromatic carbocycles. The number of aromatic nitrogens is 4. The number of likely N-dealkylation sites (N-methyl/N-ethyl adjacent to an activating group) is 1. The van der Waals surface area contributed by atoms with Crippen LogP contribution in [-0.4, -0.2) is 56.7 Å². The van der Waals surface area contributed by atoms with Crippen LogP contribution in [0.3, 0.4) is 0 Å². The summed E-state index contributed by atoms with van der Waals surface area (Å²) in [4.78, 5) is 16.0. The second-order valence-corrected chi connectivity index (χ2v) is 6.41. The van der Waals surface area contributed by atoms with E-state index in [1.165, 1.54) is 12.8 Å². The summed E-state index contributed by atoms with van der Waals surface area (Å²) in [5.74, 6) is 0.720. The normalized spacial score (nSPS) is 17.7. The molecule has 1 unspecified atom stereocenters. The highest BCUT2D eigenvalue weighted by Crippen LogP contribution is 2.15. The second-order valence-electron chi connectivity index (χ2n) is 6.41. The Morgan fingerprint density at radius 1 is 1.32 bits per heavy atom. The Morgan fingerprint density at radius 2 is 2.16 bits per heavy atom. The van der Waals surface area contributed by atoms with Crippen LogP contribution < -0.4 is 5.32 Å². The van der Waals surface area contributed by atoms with Crippen LogP contribution in [0.2, 0.25) is 0 Å². The lowest BCUT2D eigenvalue weighted by Gasteiger charge is -2.22. The summed E-state index contributed by atoms with van der Waals surface area (Å²) in [6.45, 7) is 5.74. The van der Waals surface area contributed by atoms with E-state index in [1.807, 2.05) is 30.3 Å². The molecule has 1 aliphatic heterocycles. The van der Waals surface area contributed by atoms with Crippen molar-refractivity contribution in [3.63, 3.8) is 0 Å². The maximum atomic E-state index is 12.0. The largest absolute Gasteiger partial charge is 0.355 e. The molecule has 0 spiro atoms. The van der Waals surface area contributed by atoms with E-state index in [0.29, 0.717) is 31.3 Å². The van der Waals surface area contributed by atoms with Crippen molar-refractivity contribution in [2.45, 2.75) is 45.2 Å². The summed E-state index contributed by atoms with van der Waals surface area (Å²) >= 11 is 0. The molecule has 2 aromatic rings. The van der Waals surface area contributed by atoms with Gasteiger partial charge in [0.15, 0.2) is 0 Å². The van der Waals surface area contributed by atoms with Gasteiger partial charge in [-0.05, 0) is 37.6 Å². The molecular weight excluding hydrogens is 316 g/mol. The lowest BCUT2D eigenvalue weighted by atomic mass is 10.2. The first-order valence-electron chi connectivity index (χ1n) is 9.10. The van der Waals surface area contributed by atoms with Crippen molar-refractivity contribution < 1.29 is 4.79 Å². The molecule has 0 saturated carbocycles. The molecule has 1 atom stereocenters. The molecule has 7 nitrogen and oxygen atoms in total. The molecule has 0 bridgehead atoms. The molecule has 7 heteroatoms. The van der Waals surface area contributed by atoms with E-state index in [4.69, 9.17) is 0 Å². The van der Waals surface area contributed by atoms with Crippen molar-refractivity contribution in [2.75, 3.05) is 19.6 Å². The number of hydrogen-bond acceptors (Lipinski definition) is 5. The van der Waals surface area contributed by atoms with Crippen LogP contribution in [0, 0.1) is 0 Å². The zero-order valence-corrected chi connectivity index (χ0v) is 14.8. The summed E-state index contributed by atoms with van der Waals surface area (Å²) < 4.78 is 0. The lowest BCUT2D eigenvalue weighted by molar-refractivity contribution is -0.121. The zero-order chi connectivity index (χ0) is 17.5. The number of likely N-dealkylation sites (tertiary alicyclic amines) is 1. The lowest BCUT2D eigenvalue weighted by Crippen LogP contribution is -2.40. The van der Waals surface area contributed by atoms with Crippen LogP contribution in [-0.2, 0) is 11.3 Å². The number of tetrazole rings is 1. The van der Waals surface area contributed by atoms with Gasteiger partial charge in [0.25, 0.3) is 0 Å². The van der Waals surface area contributed by atoms with Gasteiger partial charge in [0.1, 0.15) is 0 Å². The van der Waals surface area contributed by atoms with Gasteiger partial charge in [0.2, 0.25) is 11.7 Å². The van der Waals surface area contributed by atoms with Gasteiger partial charge in [-0.25, -0.2) is 0 Å². The molecule has 134 valence electrons.